The van der Waals surface area contributed by atoms with Gasteiger partial charge in [0, 0.05) is 23.6 Å². The number of benzene rings is 1. The summed E-state index contributed by atoms with van der Waals surface area (Å²) >= 11 is 5.70. The van der Waals surface area contributed by atoms with Crippen LogP contribution in [0.3, 0.4) is 0 Å². The number of halogens is 4. The highest BCUT2D eigenvalue weighted by atomic mass is 35.5. The molecule has 1 rings (SSSR count). The molecule has 0 aliphatic heterocycles. The molecule has 1 atom stereocenters. The van der Waals surface area contributed by atoms with Crippen molar-refractivity contribution in [2.45, 2.75) is 13.1 Å². The second-order valence-corrected chi connectivity index (χ2v) is 4.61. The topological polar surface area (TPSA) is 64.4 Å². The molecule has 0 spiro atoms. The maximum Gasteiger partial charge on any atom is 0.422 e. The summed E-state index contributed by atoms with van der Waals surface area (Å²) in [4.78, 5) is 11.7. The van der Waals surface area contributed by atoms with Crippen LogP contribution in [0.25, 0.3) is 0 Å². The summed E-state index contributed by atoms with van der Waals surface area (Å²) < 4.78 is 41.1. The van der Waals surface area contributed by atoms with Crippen LogP contribution in [0.4, 0.5) is 18.9 Å². The van der Waals surface area contributed by atoms with Gasteiger partial charge in [-0.3, -0.25) is 4.79 Å². The van der Waals surface area contributed by atoms with Crippen molar-refractivity contribution in [3.8, 4) is 5.75 Å². The molecule has 0 fully saturated rings. The lowest BCUT2D eigenvalue weighted by Gasteiger charge is -2.15. The number of rotatable bonds is 5. The fourth-order valence-corrected chi connectivity index (χ4v) is 1.40. The molecule has 1 unspecified atom stereocenters. The Labute approximate surface area is 119 Å². The second kappa shape index (κ2) is 6.81. The Morgan fingerprint density at radius 2 is 2.15 bits per heavy atom. The van der Waals surface area contributed by atoms with E-state index in [1.807, 2.05) is 0 Å². The Kier molecular flexibility index (Phi) is 5.64. The van der Waals surface area contributed by atoms with Gasteiger partial charge in [0.2, 0.25) is 5.91 Å². The van der Waals surface area contributed by atoms with E-state index in [0.717, 1.165) is 0 Å². The van der Waals surface area contributed by atoms with Gasteiger partial charge in [-0.2, -0.15) is 13.2 Å². The lowest BCUT2D eigenvalue weighted by Crippen LogP contribution is -2.27. The van der Waals surface area contributed by atoms with Gasteiger partial charge in [-0.1, -0.05) is 18.5 Å². The van der Waals surface area contributed by atoms with Crippen LogP contribution in [0.2, 0.25) is 5.02 Å². The minimum Gasteiger partial charge on any atom is -0.482 e. The van der Waals surface area contributed by atoms with Gasteiger partial charge >= 0.3 is 6.18 Å². The van der Waals surface area contributed by atoms with Crippen molar-refractivity contribution in [2.75, 3.05) is 18.5 Å². The van der Waals surface area contributed by atoms with Crippen LogP contribution in [0, 0.1) is 5.92 Å². The number of nitrogens with one attached hydrogen (secondary N) is 1. The largest absolute Gasteiger partial charge is 0.482 e. The van der Waals surface area contributed by atoms with Crippen LogP contribution in [0.5, 0.6) is 5.75 Å². The monoisotopic (exact) mass is 310 g/mol. The first-order chi connectivity index (χ1) is 9.23. The normalized spacial score (nSPS) is 12.9. The van der Waals surface area contributed by atoms with E-state index >= 15 is 0 Å². The number of anilines is 1. The molecule has 0 aromatic heterocycles. The second-order valence-electron chi connectivity index (χ2n) is 4.17. The summed E-state index contributed by atoms with van der Waals surface area (Å²) in [5, 5.41) is 2.66. The van der Waals surface area contributed by atoms with Crippen molar-refractivity contribution in [3.05, 3.63) is 23.2 Å². The Bertz CT molecular complexity index is 480. The minimum absolute atomic E-state index is 0.115. The maximum absolute atomic E-state index is 12.2. The molecule has 1 aromatic carbocycles. The van der Waals surface area contributed by atoms with Gasteiger partial charge in [0.15, 0.2) is 6.61 Å². The van der Waals surface area contributed by atoms with Gasteiger partial charge in [0.05, 0.1) is 5.69 Å². The van der Waals surface area contributed by atoms with E-state index in [1.165, 1.54) is 18.2 Å². The lowest BCUT2D eigenvalue weighted by molar-refractivity contribution is -0.153. The van der Waals surface area contributed by atoms with Crippen LogP contribution < -0.4 is 15.8 Å². The van der Waals surface area contributed by atoms with Gasteiger partial charge in [-0.15, -0.1) is 0 Å². The predicted molar refractivity (Wildman–Crippen MR) is 69.9 cm³/mol. The quantitative estimate of drug-likeness (QED) is 0.879. The first kappa shape index (κ1) is 16.6. The van der Waals surface area contributed by atoms with E-state index in [1.54, 1.807) is 6.92 Å². The minimum atomic E-state index is -4.48. The summed E-state index contributed by atoms with van der Waals surface area (Å²) in [6.45, 7) is 0.252. The molecular weight excluding hydrogens is 297 g/mol. The zero-order chi connectivity index (χ0) is 15.3. The number of carbonyl (C=O) groups excluding carboxylic acids is 1. The molecule has 1 aromatic rings. The first-order valence-corrected chi connectivity index (χ1v) is 6.10. The van der Waals surface area contributed by atoms with Crippen LogP contribution in [0.1, 0.15) is 6.92 Å². The molecule has 1 amide bonds. The van der Waals surface area contributed by atoms with Gasteiger partial charge in [-0.25, -0.2) is 0 Å². The molecule has 0 saturated heterocycles. The SMILES string of the molecule is CC(CN)C(=O)Nc1ccc(Cl)cc1OCC(F)(F)F. The average Bonchev–Trinajstić information content (AvgIpc) is 2.36. The van der Waals surface area contributed by atoms with Crippen LogP contribution in [-0.4, -0.2) is 25.2 Å². The molecule has 8 heteroatoms. The Balaban J connectivity index is 2.87. The van der Waals surface area contributed by atoms with Crippen LogP contribution >= 0.6 is 11.6 Å². The number of hydrogen-bond donors (Lipinski definition) is 2. The summed E-state index contributed by atoms with van der Waals surface area (Å²) in [7, 11) is 0. The molecule has 0 aliphatic carbocycles. The number of carbonyl (C=O) groups is 1. The highest BCUT2D eigenvalue weighted by Crippen LogP contribution is 2.30. The predicted octanol–water partition coefficient (Wildman–Crippen LogP) is 2.81. The smallest absolute Gasteiger partial charge is 0.422 e. The fraction of sp³-hybridized carbons (Fsp3) is 0.417. The average molecular weight is 311 g/mol. The zero-order valence-electron chi connectivity index (χ0n) is 10.6. The lowest BCUT2D eigenvalue weighted by atomic mass is 10.1. The Morgan fingerprint density at radius 3 is 2.70 bits per heavy atom. The van der Waals surface area contributed by atoms with E-state index in [-0.39, 0.29) is 23.0 Å². The maximum atomic E-state index is 12.2. The van der Waals surface area contributed by atoms with Crippen molar-refractivity contribution in [2.24, 2.45) is 11.7 Å². The fourth-order valence-electron chi connectivity index (χ4n) is 1.24. The van der Waals surface area contributed by atoms with Crippen molar-refractivity contribution in [3.63, 3.8) is 0 Å². The highest BCUT2D eigenvalue weighted by Gasteiger charge is 2.29. The Hall–Kier alpha value is -1.47. The zero-order valence-corrected chi connectivity index (χ0v) is 11.4. The summed E-state index contributed by atoms with van der Waals surface area (Å²) in [5.74, 6) is -1.03. The summed E-state index contributed by atoms with van der Waals surface area (Å²) in [6.07, 6.45) is -4.48. The van der Waals surface area contributed by atoms with Crippen LogP contribution in [-0.2, 0) is 4.79 Å². The van der Waals surface area contributed by atoms with Crippen molar-refractivity contribution < 1.29 is 22.7 Å². The number of ether oxygens (including phenoxy) is 1. The van der Waals surface area contributed by atoms with Gasteiger partial charge in [0.1, 0.15) is 5.75 Å². The molecule has 0 aliphatic rings. The van der Waals surface area contributed by atoms with E-state index in [9.17, 15) is 18.0 Å². The molecule has 0 heterocycles. The molecule has 0 saturated carbocycles. The van der Waals surface area contributed by atoms with E-state index in [4.69, 9.17) is 17.3 Å². The standard InChI is InChI=1S/C12H14ClF3N2O2/c1-7(5-17)11(19)18-9-3-2-8(13)4-10(9)20-6-12(14,15)16/h2-4,7H,5-6,17H2,1H3,(H,18,19). The molecule has 112 valence electrons. The molecule has 3 N–H and O–H groups in total. The Morgan fingerprint density at radius 1 is 1.50 bits per heavy atom. The third kappa shape index (κ3) is 5.26. The van der Waals surface area contributed by atoms with Crippen molar-refractivity contribution >= 4 is 23.2 Å². The third-order valence-electron chi connectivity index (χ3n) is 2.39. The number of alkyl halides is 3. The first-order valence-electron chi connectivity index (χ1n) is 5.73. The molecule has 0 radical (unpaired) electrons. The summed E-state index contributed by atoms with van der Waals surface area (Å²) in [5.41, 5.74) is 5.46. The number of hydrogen-bond acceptors (Lipinski definition) is 3. The molecule has 0 bridgehead atoms. The van der Waals surface area contributed by atoms with Crippen molar-refractivity contribution in [1.29, 1.82) is 0 Å². The molecule has 20 heavy (non-hydrogen) atoms. The molecular formula is C12H14ClF3N2O2. The van der Waals surface area contributed by atoms with Gasteiger partial charge in [0.25, 0.3) is 0 Å². The van der Waals surface area contributed by atoms with E-state index < -0.39 is 24.6 Å². The third-order valence-corrected chi connectivity index (χ3v) is 2.63. The van der Waals surface area contributed by atoms with Crippen molar-refractivity contribution in [1.82, 2.24) is 0 Å². The number of nitrogens with two attached hydrogens (primary N) is 1. The summed E-state index contributed by atoms with van der Waals surface area (Å²) in [6, 6.07) is 4.01. The van der Waals surface area contributed by atoms with E-state index in [2.05, 4.69) is 10.1 Å². The number of amides is 1. The highest BCUT2D eigenvalue weighted by molar-refractivity contribution is 6.30. The van der Waals surface area contributed by atoms with Gasteiger partial charge in [-0.05, 0) is 12.1 Å². The molecule has 4 nitrogen and oxygen atoms in total. The van der Waals surface area contributed by atoms with Crippen LogP contribution in [0.15, 0.2) is 18.2 Å². The van der Waals surface area contributed by atoms with Gasteiger partial charge < -0.3 is 15.8 Å². The van der Waals surface area contributed by atoms with E-state index in [0.29, 0.717) is 0 Å².